The van der Waals surface area contributed by atoms with E-state index in [1.807, 2.05) is 13.0 Å². The Bertz CT molecular complexity index is 413. The van der Waals surface area contributed by atoms with Crippen LogP contribution in [0.25, 0.3) is 4.85 Å². The molecule has 1 fully saturated rings. The quantitative estimate of drug-likeness (QED) is 0.648. The van der Waals surface area contributed by atoms with Gasteiger partial charge in [0.1, 0.15) is 5.82 Å². The molecule has 0 unspecified atom stereocenters. The van der Waals surface area contributed by atoms with Crippen molar-refractivity contribution in [2.75, 3.05) is 0 Å². The second-order valence-electron chi connectivity index (χ2n) is 4.46. The van der Waals surface area contributed by atoms with Gasteiger partial charge in [0.05, 0.1) is 6.42 Å². The Labute approximate surface area is 89.7 Å². The molecule has 0 radical (unpaired) electrons. The summed E-state index contributed by atoms with van der Waals surface area (Å²) < 4.78 is 13.5. The lowest BCUT2D eigenvalue weighted by Gasteiger charge is -2.30. The van der Waals surface area contributed by atoms with Gasteiger partial charge in [0.15, 0.2) is 0 Å². The van der Waals surface area contributed by atoms with Crippen molar-refractivity contribution in [2.24, 2.45) is 0 Å². The number of nitrogens with zero attached hydrogens (tertiary/aromatic N) is 1. The first-order valence-corrected chi connectivity index (χ1v) is 5.29. The summed E-state index contributed by atoms with van der Waals surface area (Å²) >= 11 is 0. The minimum atomic E-state index is -0.297. The first-order valence-electron chi connectivity index (χ1n) is 5.29. The minimum Gasteiger partial charge on any atom is -0.310 e. The maximum Gasteiger partial charge on any atom is 0.236 e. The van der Waals surface area contributed by atoms with Gasteiger partial charge in [-0.1, -0.05) is 17.7 Å². The monoisotopic (exact) mass is 203 g/mol. The molecule has 1 aromatic carbocycles. The summed E-state index contributed by atoms with van der Waals surface area (Å²) in [6.45, 7) is 9.14. The van der Waals surface area contributed by atoms with E-state index in [9.17, 15) is 4.39 Å². The molecule has 0 spiro atoms. The lowest BCUT2D eigenvalue weighted by atomic mass is 9.73. The van der Waals surface area contributed by atoms with Crippen molar-refractivity contribution in [1.29, 1.82) is 0 Å². The largest absolute Gasteiger partial charge is 0.310 e. The molecule has 2 rings (SSSR count). The third-order valence-corrected chi connectivity index (χ3v) is 3.24. The summed E-state index contributed by atoms with van der Waals surface area (Å²) in [5.41, 5.74) is 1.46. The standard InChI is InChI=1S/C13H14FN/c1-10-4-5-12(14)11(8-10)9-13(15-2)6-3-7-13/h4-5,8H,3,6-7,9H2,1H3. The van der Waals surface area contributed by atoms with Crippen molar-refractivity contribution in [2.45, 2.75) is 38.1 Å². The molecule has 0 bridgehead atoms. The van der Waals surface area contributed by atoms with E-state index in [4.69, 9.17) is 6.57 Å². The average molecular weight is 203 g/mol. The summed E-state index contributed by atoms with van der Waals surface area (Å²) in [5.74, 6) is -0.171. The lowest BCUT2D eigenvalue weighted by molar-refractivity contribution is 0.298. The van der Waals surface area contributed by atoms with Gasteiger partial charge in [-0.2, -0.15) is 0 Å². The van der Waals surface area contributed by atoms with Gasteiger partial charge >= 0.3 is 0 Å². The predicted molar refractivity (Wildman–Crippen MR) is 58.0 cm³/mol. The molecule has 0 heterocycles. The highest BCUT2D eigenvalue weighted by Gasteiger charge is 2.44. The first kappa shape index (κ1) is 10.2. The highest BCUT2D eigenvalue weighted by atomic mass is 19.1. The normalized spacial score (nSPS) is 17.9. The third kappa shape index (κ3) is 1.87. The fraction of sp³-hybridized carbons (Fsp3) is 0.462. The zero-order valence-electron chi connectivity index (χ0n) is 8.89. The zero-order valence-corrected chi connectivity index (χ0v) is 8.89. The summed E-state index contributed by atoms with van der Waals surface area (Å²) in [5, 5.41) is 0. The van der Waals surface area contributed by atoms with Crippen LogP contribution in [0.15, 0.2) is 18.2 Å². The molecule has 0 saturated heterocycles. The van der Waals surface area contributed by atoms with Crippen LogP contribution < -0.4 is 0 Å². The number of rotatable bonds is 2. The number of hydrogen-bond acceptors (Lipinski definition) is 0. The van der Waals surface area contributed by atoms with E-state index >= 15 is 0 Å². The van der Waals surface area contributed by atoms with Gasteiger partial charge < -0.3 is 4.85 Å². The van der Waals surface area contributed by atoms with Crippen LogP contribution in [0.3, 0.4) is 0 Å². The zero-order chi connectivity index (χ0) is 10.9. The summed E-state index contributed by atoms with van der Waals surface area (Å²) in [6, 6.07) is 5.13. The Hall–Kier alpha value is -1.36. The number of aryl methyl sites for hydroxylation is 1. The average Bonchev–Trinajstić information content (AvgIpc) is 2.17. The molecular formula is C13H14FN. The Morgan fingerprint density at radius 1 is 1.47 bits per heavy atom. The topological polar surface area (TPSA) is 4.36 Å². The third-order valence-electron chi connectivity index (χ3n) is 3.24. The second kappa shape index (κ2) is 3.66. The Kier molecular flexibility index (Phi) is 2.48. The van der Waals surface area contributed by atoms with Crippen LogP contribution in [0.2, 0.25) is 0 Å². The van der Waals surface area contributed by atoms with Gasteiger partial charge in [-0.05, 0) is 25.0 Å². The predicted octanol–water partition coefficient (Wildman–Crippen LogP) is 3.52. The molecule has 1 nitrogen and oxygen atoms in total. The molecule has 78 valence electrons. The van der Waals surface area contributed by atoms with E-state index in [-0.39, 0.29) is 11.4 Å². The van der Waals surface area contributed by atoms with Crippen molar-refractivity contribution in [3.8, 4) is 0 Å². The number of benzene rings is 1. The van der Waals surface area contributed by atoms with E-state index < -0.39 is 0 Å². The molecule has 0 aromatic heterocycles. The number of hydrogen-bond donors (Lipinski definition) is 0. The maximum absolute atomic E-state index is 13.5. The Balaban J connectivity index is 2.24. The van der Waals surface area contributed by atoms with Gasteiger partial charge in [-0.15, -0.1) is 0 Å². The highest BCUT2D eigenvalue weighted by molar-refractivity contribution is 5.28. The molecule has 1 aliphatic rings. The van der Waals surface area contributed by atoms with Crippen molar-refractivity contribution < 1.29 is 4.39 Å². The fourth-order valence-electron chi connectivity index (χ4n) is 2.11. The van der Waals surface area contributed by atoms with E-state index in [2.05, 4.69) is 4.85 Å². The molecule has 0 atom stereocenters. The minimum absolute atomic E-state index is 0.171. The van der Waals surface area contributed by atoms with Gasteiger partial charge in [0, 0.05) is 12.8 Å². The molecule has 1 aromatic rings. The van der Waals surface area contributed by atoms with E-state index in [1.54, 1.807) is 6.07 Å². The van der Waals surface area contributed by atoms with Gasteiger partial charge in [0.25, 0.3) is 0 Å². The highest BCUT2D eigenvalue weighted by Crippen LogP contribution is 2.39. The van der Waals surface area contributed by atoms with Crippen LogP contribution in [0.5, 0.6) is 0 Å². The maximum atomic E-state index is 13.5. The van der Waals surface area contributed by atoms with Gasteiger partial charge in [0.2, 0.25) is 5.54 Å². The van der Waals surface area contributed by atoms with Crippen molar-refractivity contribution in [3.05, 3.63) is 46.6 Å². The molecule has 0 N–H and O–H groups in total. The molecule has 2 heteroatoms. The molecule has 15 heavy (non-hydrogen) atoms. The fourth-order valence-corrected chi connectivity index (χ4v) is 2.11. The van der Waals surface area contributed by atoms with Crippen LogP contribution >= 0.6 is 0 Å². The SMILES string of the molecule is [C-]#[N+]C1(Cc2cc(C)ccc2F)CCC1. The smallest absolute Gasteiger partial charge is 0.236 e. The summed E-state index contributed by atoms with van der Waals surface area (Å²) in [4.78, 5) is 3.67. The summed E-state index contributed by atoms with van der Waals surface area (Å²) in [6.07, 6.45) is 3.52. The van der Waals surface area contributed by atoms with E-state index in [0.29, 0.717) is 12.0 Å². The first-order chi connectivity index (χ1) is 7.15. The number of halogens is 1. The molecule has 0 aliphatic heterocycles. The van der Waals surface area contributed by atoms with Crippen molar-refractivity contribution in [1.82, 2.24) is 0 Å². The molecular weight excluding hydrogens is 189 g/mol. The van der Waals surface area contributed by atoms with E-state index in [1.165, 1.54) is 6.07 Å². The van der Waals surface area contributed by atoms with Gasteiger partial charge in [-0.25, -0.2) is 11.0 Å². The van der Waals surface area contributed by atoms with Crippen LogP contribution in [0.1, 0.15) is 30.4 Å². The van der Waals surface area contributed by atoms with Crippen molar-refractivity contribution in [3.63, 3.8) is 0 Å². The van der Waals surface area contributed by atoms with Crippen molar-refractivity contribution >= 4 is 0 Å². The molecule has 1 saturated carbocycles. The second-order valence-corrected chi connectivity index (χ2v) is 4.46. The van der Waals surface area contributed by atoms with Crippen LogP contribution in [0.4, 0.5) is 4.39 Å². The molecule has 1 aliphatic carbocycles. The summed E-state index contributed by atoms with van der Waals surface area (Å²) in [7, 11) is 0. The molecule has 0 amide bonds. The van der Waals surface area contributed by atoms with Gasteiger partial charge in [-0.3, -0.25) is 0 Å². The van der Waals surface area contributed by atoms with E-state index in [0.717, 1.165) is 24.8 Å². The lowest BCUT2D eigenvalue weighted by Crippen LogP contribution is -2.35. The Morgan fingerprint density at radius 3 is 2.73 bits per heavy atom. The van der Waals surface area contributed by atoms with Crippen LogP contribution in [-0.4, -0.2) is 5.54 Å². The Morgan fingerprint density at radius 2 is 2.20 bits per heavy atom. The van der Waals surface area contributed by atoms with Crippen LogP contribution in [0, 0.1) is 19.3 Å². The van der Waals surface area contributed by atoms with Crippen LogP contribution in [-0.2, 0) is 6.42 Å².